The highest BCUT2D eigenvalue weighted by Crippen LogP contribution is 2.53. The van der Waals surface area contributed by atoms with Gasteiger partial charge in [0.25, 0.3) is 0 Å². The van der Waals surface area contributed by atoms with E-state index < -0.39 is 0 Å². The van der Waals surface area contributed by atoms with E-state index in [4.69, 9.17) is 11.1 Å². The minimum atomic E-state index is -0.0202. The number of fused-ring (bicyclic) bond motifs is 7. The highest BCUT2D eigenvalue weighted by atomic mass is 15.0. The van der Waals surface area contributed by atoms with Gasteiger partial charge in [-0.15, -0.1) is 0 Å². The zero-order chi connectivity index (χ0) is 37.1. The first kappa shape index (κ1) is 35.0. The van der Waals surface area contributed by atoms with Crippen molar-refractivity contribution in [2.45, 2.75) is 33.1 Å². The Morgan fingerprint density at radius 1 is 0.717 bits per heavy atom. The predicted octanol–water partition coefficient (Wildman–Crippen LogP) is 12.8. The van der Waals surface area contributed by atoms with Gasteiger partial charge in [-0.25, -0.2) is 0 Å². The molecule has 6 aromatic carbocycles. The summed E-state index contributed by atoms with van der Waals surface area (Å²) in [5.41, 5.74) is 21.7. The lowest BCUT2D eigenvalue weighted by Crippen LogP contribution is -2.15. The van der Waals surface area contributed by atoms with Gasteiger partial charge in [-0.05, 0) is 88.7 Å². The van der Waals surface area contributed by atoms with Crippen LogP contribution in [0, 0.1) is 12.3 Å². The molecule has 0 saturated carbocycles. The van der Waals surface area contributed by atoms with Crippen LogP contribution in [0.5, 0.6) is 0 Å². The summed E-state index contributed by atoms with van der Waals surface area (Å²) in [7, 11) is 0. The maximum Gasteiger partial charge on any atom is 0.0632 e. The van der Waals surface area contributed by atoms with Crippen LogP contribution < -0.4 is 5.73 Å². The van der Waals surface area contributed by atoms with E-state index in [-0.39, 0.29) is 5.41 Å². The summed E-state index contributed by atoms with van der Waals surface area (Å²) < 4.78 is 2.42. The summed E-state index contributed by atoms with van der Waals surface area (Å²) in [5.74, 6) is 0. The molecule has 3 heteroatoms. The molecule has 260 valence electrons. The maximum absolute atomic E-state index is 8.19. The van der Waals surface area contributed by atoms with Crippen LogP contribution in [-0.2, 0) is 5.41 Å². The van der Waals surface area contributed by atoms with Crippen LogP contribution >= 0.6 is 0 Å². The Morgan fingerprint density at radius 2 is 1.38 bits per heavy atom. The molecule has 0 spiro atoms. The van der Waals surface area contributed by atoms with Crippen LogP contribution in [0.1, 0.15) is 43.0 Å². The minimum Gasteiger partial charge on any atom is -0.398 e. The van der Waals surface area contributed by atoms with Gasteiger partial charge in [-0.3, -0.25) is 0 Å². The van der Waals surface area contributed by atoms with E-state index in [0.29, 0.717) is 11.4 Å². The molecule has 0 aliphatic heterocycles. The van der Waals surface area contributed by atoms with Crippen molar-refractivity contribution in [3.8, 4) is 27.9 Å². The van der Waals surface area contributed by atoms with E-state index in [2.05, 4.69) is 129 Å². The second-order valence-electron chi connectivity index (χ2n) is 14.1. The standard InChI is InChI=1S/C28H23N.C22H22N2/c1-18-12-14-19(15-13-18)29-24-11-7-5-9-22(24)26-25(29)17-16-21-20-8-4-6-10-23(20)28(2,3)27(21)26;1-3-8-19(9-4-2)21(23)16-22(24)20-14-12-18(13-15-20)17-10-6-5-7-11-17/h4-17H,1-3H3;3-16,23H,1,24H2,2H3/b;9-4-,19-8+,22-16-,23-21?. The highest BCUT2D eigenvalue weighted by molar-refractivity contribution is 6.14. The number of aryl methyl sites for hydroxylation is 1. The van der Waals surface area contributed by atoms with Crippen molar-refractivity contribution in [3.05, 3.63) is 204 Å². The number of hydrogen-bond donors (Lipinski definition) is 2. The third-order valence-corrected chi connectivity index (χ3v) is 10.2. The van der Waals surface area contributed by atoms with Gasteiger partial charge < -0.3 is 15.7 Å². The summed E-state index contributed by atoms with van der Waals surface area (Å²) in [6.07, 6.45) is 8.90. The van der Waals surface area contributed by atoms with Crippen molar-refractivity contribution in [1.29, 1.82) is 5.41 Å². The lowest BCUT2D eigenvalue weighted by atomic mass is 9.80. The molecule has 7 aromatic rings. The van der Waals surface area contributed by atoms with Gasteiger partial charge in [0.1, 0.15) is 0 Å². The molecule has 1 heterocycles. The Labute approximate surface area is 313 Å². The lowest BCUT2D eigenvalue weighted by molar-refractivity contribution is 0.666. The van der Waals surface area contributed by atoms with Crippen molar-refractivity contribution in [2.75, 3.05) is 0 Å². The fourth-order valence-corrected chi connectivity index (χ4v) is 7.65. The van der Waals surface area contributed by atoms with Gasteiger partial charge in [0.05, 0.1) is 16.7 Å². The molecule has 8 rings (SSSR count). The van der Waals surface area contributed by atoms with E-state index in [9.17, 15) is 0 Å². The summed E-state index contributed by atoms with van der Waals surface area (Å²) in [6, 6.07) is 49.5. The normalized spacial score (nSPS) is 13.4. The second kappa shape index (κ2) is 14.7. The fourth-order valence-electron chi connectivity index (χ4n) is 7.65. The lowest BCUT2D eigenvalue weighted by Gasteiger charge is -2.22. The van der Waals surface area contributed by atoms with Crippen LogP contribution in [0.25, 0.3) is 55.4 Å². The molecule has 53 heavy (non-hydrogen) atoms. The smallest absolute Gasteiger partial charge is 0.0632 e. The van der Waals surface area contributed by atoms with Crippen LogP contribution in [0.3, 0.4) is 0 Å². The number of para-hydroxylation sites is 1. The number of nitrogens with two attached hydrogens (primary N) is 1. The third kappa shape index (κ3) is 6.58. The molecule has 0 saturated heterocycles. The summed E-state index contributed by atoms with van der Waals surface area (Å²) in [5, 5.41) is 10.9. The van der Waals surface area contributed by atoms with E-state index in [1.54, 1.807) is 18.2 Å². The van der Waals surface area contributed by atoms with E-state index in [1.165, 1.54) is 60.9 Å². The quantitative estimate of drug-likeness (QED) is 0.127. The number of nitrogens with one attached hydrogen (secondary N) is 1. The van der Waals surface area contributed by atoms with Crippen LogP contribution in [0.15, 0.2) is 182 Å². The SMILES string of the molecule is C=C/C=C(\C=C/C)C(=N)/C=C(\N)c1ccc(-c2ccccc2)cc1.Cc1ccc(-n2c3ccccc3c3c4c(ccc32)-c2ccccc2C4(C)C)cc1. The monoisotopic (exact) mass is 687 g/mol. The third-order valence-electron chi connectivity index (χ3n) is 10.2. The number of nitrogens with zero attached hydrogens (tertiary/aromatic N) is 1. The van der Waals surface area contributed by atoms with Crippen molar-refractivity contribution in [2.24, 2.45) is 5.73 Å². The fraction of sp³-hybridized carbons (Fsp3) is 0.100. The average Bonchev–Trinajstić information content (AvgIpc) is 3.64. The van der Waals surface area contributed by atoms with Crippen LogP contribution in [0.2, 0.25) is 0 Å². The minimum absolute atomic E-state index is 0.0202. The molecule has 0 fully saturated rings. The molecule has 0 radical (unpaired) electrons. The van der Waals surface area contributed by atoms with Crippen molar-refractivity contribution in [1.82, 2.24) is 4.57 Å². The van der Waals surface area contributed by atoms with Crippen molar-refractivity contribution in [3.63, 3.8) is 0 Å². The summed E-state index contributed by atoms with van der Waals surface area (Å²) in [4.78, 5) is 0. The van der Waals surface area contributed by atoms with E-state index in [0.717, 1.165) is 16.7 Å². The topological polar surface area (TPSA) is 54.8 Å². The maximum atomic E-state index is 8.19. The molecule has 0 atom stereocenters. The molecule has 1 aromatic heterocycles. The number of benzene rings is 6. The zero-order valence-electron chi connectivity index (χ0n) is 30.9. The number of aromatic nitrogens is 1. The zero-order valence-corrected chi connectivity index (χ0v) is 30.9. The Bertz CT molecular complexity index is 2560. The van der Waals surface area contributed by atoms with E-state index >= 15 is 0 Å². The average molecular weight is 688 g/mol. The van der Waals surface area contributed by atoms with Crippen LogP contribution in [0.4, 0.5) is 0 Å². The second-order valence-corrected chi connectivity index (χ2v) is 14.1. The molecular formula is C50H45N3. The van der Waals surface area contributed by atoms with Gasteiger partial charge in [-0.2, -0.15) is 0 Å². The molecule has 1 aliphatic carbocycles. The Balaban J connectivity index is 0.000000168. The Hall–Kier alpha value is -6.45. The largest absolute Gasteiger partial charge is 0.398 e. The predicted molar refractivity (Wildman–Crippen MR) is 228 cm³/mol. The molecule has 1 aliphatic rings. The summed E-state index contributed by atoms with van der Waals surface area (Å²) in [6.45, 7) is 12.5. The molecule has 0 bridgehead atoms. The number of allylic oxidation sites excluding steroid dienone is 6. The van der Waals surface area contributed by atoms with Crippen molar-refractivity contribution < 1.29 is 0 Å². The van der Waals surface area contributed by atoms with Gasteiger partial charge >= 0.3 is 0 Å². The Morgan fingerprint density at radius 3 is 2.09 bits per heavy atom. The van der Waals surface area contributed by atoms with Crippen molar-refractivity contribution >= 4 is 33.2 Å². The van der Waals surface area contributed by atoms with Gasteiger partial charge in [0, 0.05) is 27.6 Å². The van der Waals surface area contributed by atoms with Gasteiger partial charge in [0.15, 0.2) is 0 Å². The first-order chi connectivity index (χ1) is 25.7. The Kier molecular flexibility index (Phi) is 9.67. The molecule has 0 amide bonds. The first-order valence-electron chi connectivity index (χ1n) is 18.1. The molecule has 3 N–H and O–H groups in total. The molecule has 3 nitrogen and oxygen atoms in total. The summed E-state index contributed by atoms with van der Waals surface area (Å²) >= 11 is 0. The number of rotatable bonds is 7. The van der Waals surface area contributed by atoms with E-state index in [1.807, 2.05) is 61.5 Å². The molecule has 0 unspecified atom stereocenters. The van der Waals surface area contributed by atoms with Gasteiger partial charge in [0.2, 0.25) is 0 Å². The number of hydrogen-bond acceptors (Lipinski definition) is 2. The first-order valence-corrected chi connectivity index (χ1v) is 18.1. The molecular weight excluding hydrogens is 643 g/mol. The van der Waals surface area contributed by atoms with Gasteiger partial charge in [-0.1, -0.05) is 166 Å². The van der Waals surface area contributed by atoms with Crippen LogP contribution in [-0.4, -0.2) is 10.3 Å². The highest BCUT2D eigenvalue weighted by Gasteiger charge is 2.37.